The fourth-order valence-electron chi connectivity index (χ4n) is 1.77. The molecule has 0 bridgehead atoms. The maximum absolute atomic E-state index is 12.3. The van der Waals surface area contributed by atoms with Gasteiger partial charge in [-0.2, -0.15) is 8.78 Å². The van der Waals surface area contributed by atoms with Gasteiger partial charge in [0.25, 0.3) is 5.91 Å². The van der Waals surface area contributed by atoms with Crippen molar-refractivity contribution in [3.8, 4) is 5.75 Å². The number of halogens is 2. The Morgan fingerprint density at radius 3 is 2.61 bits per heavy atom. The van der Waals surface area contributed by atoms with E-state index >= 15 is 0 Å². The second-order valence-corrected chi connectivity index (χ2v) is 4.41. The molecule has 2 rings (SSSR count). The predicted molar refractivity (Wildman–Crippen MR) is 76.0 cm³/mol. The molecule has 1 aromatic carbocycles. The van der Waals surface area contributed by atoms with Crippen molar-refractivity contribution in [2.45, 2.75) is 13.2 Å². The van der Waals surface area contributed by atoms with E-state index in [2.05, 4.69) is 15.4 Å². The van der Waals surface area contributed by atoms with Crippen molar-refractivity contribution in [2.75, 3.05) is 6.54 Å². The smallest absolute Gasteiger partial charge is 0.387 e. The first-order valence-corrected chi connectivity index (χ1v) is 6.67. The largest absolute Gasteiger partial charge is 0.467 e. The Kier molecular flexibility index (Phi) is 5.67. The number of carbonyl (C=O) groups is 2. The van der Waals surface area contributed by atoms with Gasteiger partial charge in [-0.15, -0.1) is 0 Å². The normalized spacial score (nSPS) is 10.4. The van der Waals surface area contributed by atoms with Gasteiger partial charge in [0.1, 0.15) is 11.5 Å². The standard InChI is InChI=1S/C15H14F2N2O4/c16-15(17)23-12-6-2-1-5-11(12)14(21)19-9-13(20)18-8-10-4-3-7-22-10/h1-7,15H,8-9H2,(H,18,20)(H,19,21). The molecular formula is C15H14F2N2O4. The lowest BCUT2D eigenvalue weighted by molar-refractivity contribution is -0.120. The van der Waals surface area contributed by atoms with Gasteiger partial charge in [0.2, 0.25) is 5.91 Å². The second kappa shape index (κ2) is 7.92. The summed E-state index contributed by atoms with van der Waals surface area (Å²) >= 11 is 0. The monoisotopic (exact) mass is 324 g/mol. The molecule has 0 saturated heterocycles. The molecular weight excluding hydrogens is 310 g/mol. The number of alkyl halides is 2. The SMILES string of the molecule is O=C(CNC(=O)c1ccccc1OC(F)F)NCc1ccco1. The first-order valence-electron chi connectivity index (χ1n) is 6.67. The molecule has 2 N–H and O–H groups in total. The van der Waals surface area contributed by atoms with Gasteiger partial charge >= 0.3 is 6.61 Å². The van der Waals surface area contributed by atoms with Gasteiger partial charge in [-0.3, -0.25) is 9.59 Å². The minimum Gasteiger partial charge on any atom is -0.467 e. The number of hydrogen-bond acceptors (Lipinski definition) is 4. The molecule has 0 spiro atoms. The van der Waals surface area contributed by atoms with Gasteiger partial charge in [0.05, 0.1) is 24.9 Å². The van der Waals surface area contributed by atoms with Crippen molar-refractivity contribution in [1.82, 2.24) is 10.6 Å². The minimum absolute atomic E-state index is 0.0772. The third kappa shape index (κ3) is 5.10. The van der Waals surface area contributed by atoms with Gasteiger partial charge in [-0.1, -0.05) is 12.1 Å². The molecule has 0 aliphatic heterocycles. The third-order valence-electron chi connectivity index (χ3n) is 2.80. The molecule has 8 heteroatoms. The zero-order valence-corrected chi connectivity index (χ0v) is 11.9. The Morgan fingerprint density at radius 1 is 1.13 bits per heavy atom. The summed E-state index contributed by atoms with van der Waals surface area (Å²) < 4.78 is 33.9. The first-order chi connectivity index (χ1) is 11.1. The summed E-state index contributed by atoms with van der Waals surface area (Å²) in [6.45, 7) is -3.16. The van der Waals surface area contributed by atoms with Crippen LogP contribution in [-0.4, -0.2) is 25.0 Å². The molecule has 1 heterocycles. The molecule has 2 amide bonds. The van der Waals surface area contributed by atoms with Crippen LogP contribution in [0.3, 0.4) is 0 Å². The van der Waals surface area contributed by atoms with Crippen LogP contribution in [0.25, 0.3) is 0 Å². The summed E-state index contributed by atoms with van der Waals surface area (Å²) in [7, 11) is 0. The van der Waals surface area contributed by atoms with E-state index in [1.807, 2.05) is 0 Å². The first kappa shape index (κ1) is 16.5. The zero-order valence-electron chi connectivity index (χ0n) is 11.9. The van der Waals surface area contributed by atoms with Crippen molar-refractivity contribution in [2.24, 2.45) is 0 Å². The molecule has 0 aliphatic carbocycles. The van der Waals surface area contributed by atoms with Crippen molar-refractivity contribution in [1.29, 1.82) is 0 Å². The Hall–Kier alpha value is -2.90. The molecule has 122 valence electrons. The van der Waals surface area contributed by atoms with Gasteiger partial charge in [0, 0.05) is 0 Å². The number of nitrogens with one attached hydrogen (secondary N) is 2. The number of furan rings is 1. The Bertz CT molecular complexity index is 659. The molecule has 23 heavy (non-hydrogen) atoms. The highest BCUT2D eigenvalue weighted by Crippen LogP contribution is 2.19. The number of benzene rings is 1. The quantitative estimate of drug-likeness (QED) is 0.815. The van der Waals surface area contributed by atoms with Crippen LogP contribution in [0.4, 0.5) is 8.78 Å². The van der Waals surface area contributed by atoms with Crippen LogP contribution >= 0.6 is 0 Å². The maximum atomic E-state index is 12.3. The summed E-state index contributed by atoms with van der Waals surface area (Å²) in [5.74, 6) is -0.812. The lowest BCUT2D eigenvalue weighted by atomic mass is 10.2. The predicted octanol–water partition coefficient (Wildman–Crippen LogP) is 1.93. The van der Waals surface area contributed by atoms with E-state index in [-0.39, 0.29) is 24.4 Å². The zero-order chi connectivity index (χ0) is 16.7. The molecule has 6 nitrogen and oxygen atoms in total. The van der Waals surface area contributed by atoms with Crippen molar-refractivity contribution in [3.63, 3.8) is 0 Å². The minimum atomic E-state index is -3.04. The number of carbonyl (C=O) groups excluding carboxylic acids is 2. The molecule has 0 radical (unpaired) electrons. The highest BCUT2D eigenvalue weighted by Gasteiger charge is 2.15. The van der Waals surface area contributed by atoms with Crippen LogP contribution in [0.1, 0.15) is 16.1 Å². The fraction of sp³-hybridized carbons (Fsp3) is 0.200. The average molecular weight is 324 g/mol. The highest BCUT2D eigenvalue weighted by molar-refractivity contribution is 5.98. The summed E-state index contributed by atoms with van der Waals surface area (Å²) in [5, 5.41) is 4.88. The fourth-order valence-corrected chi connectivity index (χ4v) is 1.77. The van der Waals surface area contributed by atoms with Crippen molar-refractivity contribution < 1.29 is 27.5 Å². The van der Waals surface area contributed by atoms with Crippen LogP contribution < -0.4 is 15.4 Å². The Labute approximate surface area is 130 Å². The lowest BCUT2D eigenvalue weighted by Crippen LogP contribution is -2.36. The van der Waals surface area contributed by atoms with Crippen molar-refractivity contribution in [3.05, 3.63) is 54.0 Å². The van der Waals surface area contributed by atoms with Crippen LogP contribution in [-0.2, 0) is 11.3 Å². The van der Waals surface area contributed by atoms with Gasteiger partial charge < -0.3 is 19.8 Å². The van der Waals surface area contributed by atoms with Gasteiger partial charge in [-0.05, 0) is 24.3 Å². The van der Waals surface area contributed by atoms with E-state index in [1.54, 1.807) is 12.1 Å². The topological polar surface area (TPSA) is 80.6 Å². The van der Waals surface area contributed by atoms with Crippen molar-refractivity contribution >= 4 is 11.8 Å². The van der Waals surface area contributed by atoms with Crippen LogP contribution in [0, 0.1) is 0 Å². The van der Waals surface area contributed by atoms with E-state index in [1.165, 1.54) is 30.5 Å². The summed E-state index contributed by atoms with van der Waals surface area (Å²) in [6, 6.07) is 8.92. The average Bonchev–Trinajstić information content (AvgIpc) is 3.04. The Balaban J connectivity index is 1.85. The number of hydrogen-bond donors (Lipinski definition) is 2. The lowest BCUT2D eigenvalue weighted by Gasteiger charge is -2.10. The molecule has 0 fully saturated rings. The molecule has 0 atom stereocenters. The number of rotatable bonds is 7. The molecule has 0 saturated carbocycles. The van der Waals surface area contributed by atoms with Gasteiger partial charge in [-0.25, -0.2) is 0 Å². The van der Waals surface area contributed by atoms with Crippen LogP contribution in [0.2, 0.25) is 0 Å². The van der Waals surface area contributed by atoms with Gasteiger partial charge in [0.15, 0.2) is 0 Å². The van der Waals surface area contributed by atoms with E-state index in [9.17, 15) is 18.4 Å². The van der Waals surface area contributed by atoms with E-state index in [0.29, 0.717) is 5.76 Å². The van der Waals surface area contributed by atoms with E-state index < -0.39 is 18.4 Å². The molecule has 0 unspecified atom stereocenters. The molecule has 2 aromatic rings. The van der Waals surface area contributed by atoms with E-state index in [0.717, 1.165) is 0 Å². The second-order valence-electron chi connectivity index (χ2n) is 4.41. The maximum Gasteiger partial charge on any atom is 0.387 e. The van der Waals surface area contributed by atoms with E-state index in [4.69, 9.17) is 4.42 Å². The molecule has 0 aliphatic rings. The number of para-hydroxylation sites is 1. The number of ether oxygens (including phenoxy) is 1. The summed E-state index contributed by atoms with van der Waals surface area (Å²) in [6.07, 6.45) is 1.48. The summed E-state index contributed by atoms with van der Waals surface area (Å²) in [4.78, 5) is 23.6. The Morgan fingerprint density at radius 2 is 1.91 bits per heavy atom. The number of amides is 2. The highest BCUT2D eigenvalue weighted by atomic mass is 19.3. The summed E-state index contributed by atoms with van der Waals surface area (Å²) in [5.41, 5.74) is -0.0772. The van der Waals surface area contributed by atoms with Crippen LogP contribution in [0.15, 0.2) is 47.1 Å². The van der Waals surface area contributed by atoms with Crippen LogP contribution in [0.5, 0.6) is 5.75 Å². The molecule has 1 aromatic heterocycles. The third-order valence-corrected chi connectivity index (χ3v) is 2.80.